The Morgan fingerprint density at radius 2 is 1.11 bits per heavy atom. The molecule has 2 aliphatic rings. The number of aromatic nitrogens is 6. The van der Waals surface area contributed by atoms with Gasteiger partial charge in [-0.3, -0.25) is 10.6 Å². The molecule has 2 fully saturated rings. The Kier molecular flexibility index (Phi) is 13.3. The van der Waals surface area contributed by atoms with Crippen molar-refractivity contribution in [2.24, 2.45) is 0 Å². The van der Waals surface area contributed by atoms with Crippen LogP contribution in [0.2, 0.25) is 0 Å². The maximum Gasteiger partial charge on any atom is 0.325 e. The van der Waals surface area contributed by atoms with Crippen molar-refractivity contribution in [3.8, 4) is 0 Å². The lowest BCUT2D eigenvalue weighted by Crippen LogP contribution is -2.31. The second-order valence-corrected chi connectivity index (χ2v) is 16.1. The van der Waals surface area contributed by atoms with E-state index in [0.717, 1.165) is 65.1 Å². The van der Waals surface area contributed by atoms with Crippen molar-refractivity contribution in [3.05, 3.63) is 94.1 Å². The van der Waals surface area contributed by atoms with Crippen molar-refractivity contribution < 1.29 is 18.6 Å². The molecule has 0 spiro atoms. The molecule has 0 atom stereocenters. The van der Waals surface area contributed by atoms with E-state index in [1.54, 1.807) is 12.4 Å². The first-order chi connectivity index (χ1) is 27.8. The number of carbonyl (C=O) groups is 2. The molecule has 2 aromatic carbocycles. The summed E-state index contributed by atoms with van der Waals surface area (Å²) in [5, 5.41) is 19.9. The van der Waals surface area contributed by atoms with E-state index in [-0.39, 0.29) is 12.1 Å². The van der Waals surface area contributed by atoms with E-state index in [9.17, 15) is 9.59 Å². The molecule has 57 heavy (non-hydrogen) atoms. The second-order valence-electron chi connectivity index (χ2n) is 13.9. The largest absolute Gasteiger partial charge is 0.370 e. The molecule has 0 aliphatic carbocycles. The Balaban J connectivity index is 0.000000174. The van der Waals surface area contributed by atoms with Crippen LogP contribution in [0.15, 0.2) is 70.5 Å². The van der Waals surface area contributed by atoms with E-state index in [1.807, 2.05) is 24.3 Å². The van der Waals surface area contributed by atoms with E-state index in [1.165, 1.54) is 85.0 Å². The minimum atomic E-state index is -0.305. The summed E-state index contributed by atoms with van der Waals surface area (Å²) in [6, 6.07) is 11.6. The minimum absolute atomic E-state index is 0.287. The van der Waals surface area contributed by atoms with Gasteiger partial charge in [0.2, 0.25) is 11.8 Å². The number of carbonyl (C=O) groups excluding carboxylic acids is 2. The van der Waals surface area contributed by atoms with Gasteiger partial charge in [0.15, 0.2) is 22.9 Å². The molecule has 0 unspecified atom stereocenters. The number of nitrogens with one attached hydrogen (secondary N) is 4. The summed E-state index contributed by atoms with van der Waals surface area (Å²) in [6.45, 7) is 8.22. The molecule has 2 saturated heterocycles. The minimum Gasteiger partial charge on any atom is -0.370 e. The molecule has 0 radical (unpaired) electrons. The number of rotatable bonds is 11. The number of thiazole rings is 2. The summed E-state index contributed by atoms with van der Waals surface area (Å²) in [5.74, 6) is 1.11. The highest BCUT2D eigenvalue weighted by atomic mass is 32.1. The van der Waals surface area contributed by atoms with Crippen LogP contribution in [-0.4, -0.2) is 68.5 Å². The number of urea groups is 2. The zero-order chi connectivity index (χ0) is 39.4. The number of hydrogen-bond acceptors (Lipinski definition) is 14. The van der Waals surface area contributed by atoms with Gasteiger partial charge in [-0.05, 0) is 94.2 Å². The summed E-state index contributed by atoms with van der Waals surface area (Å²) in [7, 11) is 0. The fraction of sp³-hybridized carbons (Fsp3) is 0.385. The average Bonchev–Trinajstić information content (AvgIpc) is 4.07. The standard InChI is InChI=1S/C20H24N6O2S.C19H22N6O2S/c1-14-5-7-16(17(11-14)26-9-3-2-4-10-26)24-19(27)25-20-21-12-15(29-20)6-8-18-22-13-23-28-18;1-13-5-6-15(16(9-13)25-7-3-2-4-8-25)23-18(26)24-19-20-11-14(28-19)10-17-21-12-22-27-17/h5,7,11-13H,2-4,6,8-10H2,1H3,(H2,21,24,25,27);5-6,9,11-12H,2-4,7-8,10H2,1H3,(H2,20,23,24,26). The first-order valence-electron chi connectivity index (χ1n) is 19.1. The van der Waals surface area contributed by atoms with Gasteiger partial charge in [-0.2, -0.15) is 9.97 Å². The van der Waals surface area contributed by atoms with Crippen molar-refractivity contribution in [2.45, 2.75) is 71.6 Å². The fourth-order valence-electron chi connectivity index (χ4n) is 6.68. The zero-order valence-corrected chi connectivity index (χ0v) is 33.6. The van der Waals surface area contributed by atoms with E-state index in [0.29, 0.717) is 34.9 Å². The van der Waals surface area contributed by atoms with E-state index >= 15 is 0 Å². The molecular weight excluding hydrogens is 765 g/mol. The number of amides is 4. The van der Waals surface area contributed by atoms with Crippen LogP contribution in [0.3, 0.4) is 0 Å². The third-order valence-electron chi connectivity index (χ3n) is 9.47. The maximum atomic E-state index is 12.5. The molecule has 6 heterocycles. The monoisotopic (exact) mass is 810 g/mol. The van der Waals surface area contributed by atoms with Crippen LogP contribution in [0.4, 0.5) is 42.6 Å². The Bertz CT molecular complexity index is 2190. The smallest absolute Gasteiger partial charge is 0.325 e. The average molecular weight is 811 g/mol. The van der Waals surface area contributed by atoms with Crippen molar-refractivity contribution in [1.82, 2.24) is 30.2 Å². The van der Waals surface area contributed by atoms with Gasteiger partial charge in [0.25, 0.3) is 0 Å². The predicted octanol–water partition coefficient (Wildman–Crippen LogP) is 8.31. The zero-order valence-electron chi connectivity index (χ0n) is 32.0. The molecule has 4 amide bonds. The first-order valence-corrected chi connectivity index (χ1v) is 20.8. The quantitative estimate of drug-likeness (QED) is 0.0980. The molecule has 298 valence electrons. The molecule has 0 saturated carbocycles. The molecule has 16 nitrogen and oxygen atoms in total. The van der Waals surface area contributed by atoms with Crippen LogP contribution in [0.1, 0.15) is 71.2 Å². The number of aryl methyl sites for hydroxylation is 4. The Labute approximate surface area is 338 Å². The second kappa shape index (κ2) is 19.3. The Morgan fingerprint density at radius 1 is 0.614 bits per heavy atom. The highest BCUT2D eigenvalue weighted by Crippen LogP contribution is 2.32. The summed E-state index contributed by atoms with van der Waals surface area (Å²) in [5.41, 5.74) is 6.15. The lowest BCUT2D eigenvalue weighted by atomic mass is 10.1. The van der Waals surface area contributed by atoms with Crippen molar-refractivity contribution >= 4 is 67.7 Å². The van der Waals surface area contributed by atoms with Crippen molar-refractivity contribution in [2.75, 3.05) is 57.2 Å². The van der Waals surface area contributed by atoms with Crippen LogP contribution in [0, 0.1) is 13.8 Å². The van der Waals surface area contributed by atoms with E-state index in [2.05, 4.69) is 87.3 Å². The Morgan fingerprint density at radius 3 is 1.61 bits per heavy atom. The van der Waals surface area contributed by atoms with Crippen LogP contribution < -0.4 is 31.1 Å². The maximum absolute atomic E-state index is 12.5. The van der Waals surface area contributed by atoms with Gasteiger partial charge in [0, 0.05) is 54.7 Å². The van der Waals surface area contributed by atoms with Gasteiger partial charge in [-0.15, -0.1) is 22.7 Å². The predicted molar refractivity (Wildman–Crippen MR) is 223 cm³/mol. The third kappa shape index (κ3) is 11.3. The summed E-state index contributed by atoms with van der Waals surface area (Å²) >= 11 is 2.83. The molecule has 6 aromatic rings. The summed E-state index contributed by atoms with van der Waals surface area (Å²) < 4.78 is 10.0. The number of piperidine rings is 2. The number of nitrogens with zero attached hydrogens (tertiary/aromatic N) is 8. The van der Waals surface area contributed by atoms with Gasteiger partial charge < -0.3 is 29.5 Å². The molecule has 2 aliphatic heterocycles. The molecule has 0 bridgehead atoms. The summed E-state index contributed by atoms with van der Waals surface area (Å²) in [4.78, 5) is 48.3. The lowest BCUT2D eigenvalue weighted by Gasteiger charge is -2.30. The lowest BCUT2D eigenvalue weighted by molar-refractivity contribution is 0.261. The number of hydrogen-bond donors (Lipinski definition) is 4. The van der Waals surface area contributed by atoms with Crippen molar-refractivity contribution in [1.29, 1.82) is 0 Å². The van der Waals surface area contributed by atoms with Gasteiger partial charge in [0.05, 0.1) is 29.2 Å². The highest BCUT2D eigenvalue weighted by Gasteiger charge is 2.19. The van der Waals surface area contributed by atoms with Crippen LogP contribution >= 0.6 is 22.7 Å². The fourth-order valence-corrected chi connectivity index (χ4v) is 8.28. The molecule has 18 heteroatoms. The third-order valence-corrected chi connectivity index (χ3v) is 11.4. The van der Waals surface area contributed by atoms with Crippen LogP contribution in [0.5, 0.6) is 0 Å². The first kappa shape index (κ1) is 39.4. The normalized spacial score (nSPS) is 14.1. The number of anilines is 6. The molecule has 4 aromatic heterocycles. The van der Waals surface area contributed by atoms with Gasteiger partial charge >= 0.3 is 12.1 Å². The molecular formula is C39H46N12O4S2. The van der Waals surface area contributed by atoms with Crippen LogP contribution in [-0.2, 0) is 19.3 Å². The van der Waals surface area contributed by atoms with E-state index < -0.39 is 0 Å². The molecule has 8 rings (SSSR count). The van der Waals surface area contributed by atoms with Gasteiger partial charge in [-0.25, -0.2) is 19.6 Å². The molecule has 4 N–H and O–H groups in total. The SMILES string of the molecule is Cc1ccc(NC(=O)Nc2ncc(CCc3ncno3)s2)c(N2CCCCC2)c1.Cc1ccc(NC(=O)Nc2ncc(Cc3ncno3)s2)c(N2CCCCC2)c1. The number of benzene rings is 2. The van der Waals surface area contributed by atoms with E-state index in [4.69, 9.17) is 9.05 Å². The topological polar surface area (TPSA) is 192 Å². The van der Waals surface area contributed by atoms with Gasteiger partial charge in [-0.1, -0.05) is 22.4 Å². The van der Waals surface area contributed by atoms with Crippen molar-refractivity contribution in [3.63, 3.8) is 0 Å². The Hall–Kier alpha value is -5.88. The summed E-state index contributed by atoms with van der Waals surface area (Å²) in [6.07, 6.45) is 15.4. The highest BCUT2D eigenvalue weighted by molar-refractivity contribution is 7.16. The van der Waals surface area contributed by atoms with Gasteiger partial charge in [0.1, 0.15) is 0 Å². The van der Waals surface area contributed by atoms with Crippen LogP contribution in [0.25, 0.3) is 0 Å².